The summed E-state index contributed by atoms with van der Waals surface area (Å²) in [5.41, 5.74) is -0.813. The smallest absolute Gasteiger partial charge is 0.138 e. The molecule has 0 radical (unpaired) electrons. The van der Waals surface area contributed by atoms with E-state index in [1.54, 1.807) is 0 Å². The average molecular weight is 461 g/mol. The van der Waals surface area contributed by atoms with Gasteiger partial charge in [0.2, 0.25) is 0 Å². The summed E-state index contributed by atoms with van der Waals surface area (Å²) in [5, 5.41) is 21.9. The molecule has 0 aromatic carbocycles. The maximum absolute atomic E-state index is 12.8. The van der Waals surface area contributed by atoms with E-state index in [1.807, 2.05) is 13.8 Å². The fourth-order valence-electron chi connectivity index (χ4n) is 10.4. The lowest BCUT2D eigenvalue weighted by atomic mass is 9.38. The number of fused-ring (bicyclic) bond motifs is 5. The fraction of sp³-hybridized carbons (Fsp3) is 0.967. The summed E-state index contributed by atoms with van der Waals surface area (Å²) in [7, 11) is 0. The molecule has 190 valence electrons. The van der Waals surface area contributed by atoms with Crippen LogP contribution in [0, 0.1) is 45.3 Å². The molecule has 0 unspecified atom stereocenters. The lowest BCUT2D eigenvalue weighted by molar-refractivity contribution is -0.191. The maximum Gasteiger partial charge on any atom is 0.138 e. The fourth-order valence-corrected chi connectivity index (χ4v) is 10.4. The van der Waals surface area contributed by atoms with Crippen molar-refractivity contribution >= 4 is 5.78 Å². The summed E-state index contributed by atoms with van der Waals surface area (Å²) in [4.78, 5) is 12.8. The SMILES string of the molecule is CC(C)(O)CCC[C@@](C)(O)[C@@H]1CC[C@]2(C)[C@@H]3CC[C@H]4C(C)(C)C(=O)CC[C@]4(C)[C@H]3CC[C@@]12C. The van der Waals surface area contributed by atoms with Crippen LogP contribution in [0.15, 0.2) is 0 Å². The second-order valence-electron chi connectivity index (χ2n) is 15.0. The van der Waals surface area contributed by atoms with E-state index in [0.29, 0.717) is 29.5 Å². The number of aliphatic hydroxyl groups is 2. The zero-order chi connectivity index (χ0) is 24.7. The lowest BCUT2D eigenvalue weighted by Crippen LogP contribution is -2.61. The Hall–Kier alpha value is -0.410. The normalized spacial score (nSPS) is 46.8. The molecule has 4 aliphatic carbocycles. The van der Waals surface area contributed by atoms with E-state index in [1.165, 1.54) is 32.1 Å². The summed E-state index contributed by atoms with van der Waals surface area (Å²) < 4.78 is 0. The molecular weight excluding hydrogens is 408 g/mol. The first-order valence-electron chi connectivity index (χ1n) is 14.0. The summed E-state index contributed by atoms with van der Waals surface area (Å²) >= 11 is 0. The van der Waals surface area contributed by atoms with Crippen LogP contribution >= 0.6 is 0 Å². The molecule has 4 saturated carbocycles. The monoisotopic (exact) mass is 460 g/mol. The number of hydrogen-bond acceptors (Lipinski definition) is 3. The minimum Gasteiger partial charge on any atom is -0.390 e. The first-order chi connectivity index (χ1) is 15.0. The minimum absolute atomic E-state index is 0.162. The van der Waals surface area contributed by atoms with Crippen LogP contribution in [0.3, 0.4) is 0 Å². The van der Waals surface area contributed by atoms with E-state index in [9.17, 15) is 15.0 Å². The summed E-state index contributed by atoms with van der Waals surface area (Å²) in [6, 6.07) is 0. The highest BCUT2D eigenvalue weighted by atomic mass is 16.3. The molecule has 0 heterocycles. The van der Waals surface area contributed by atoms with Gasteiger partial charge < -0.3 is 10.2 Å². The Kier molecular flexibility index (Phi) is 6.06. The van der Waals surface area contributed by atoms with Gasteiger partial charge in [-0.1, -0.05) is 34.6 Å². The standard InChI is InChI=1S/C30H52O3/c1-25(2,32)15-9-16-30(8,33)23-13-19-28(6)21-10-11-22-26(3,4)24(31)14-17-27(22,5)20(21)12-18-29(23,28)7/h20-23,32-33H,9-19H2,1-8H3/t20-,21+,22-,23+,27+,28+,29-,30+/m0/s1. The van der Waals surface area contributed by atoms with Crippen molar-refractivity contribution in [3.63, 3.8) is 0 Å². The predicted molar refractivity (Wildman–Crippen MR) is 135 cm³/mol. The van der Waals surface area contributed by atoms with Gasteiger partial charge in [0.1, 0.15) is 5.78 Å². The van der Waals surface area contributed by atoms with Gasteiger partial charge in [-0.15, -0.1) is 0 Å². The number of hydrogen-bond donors (Lipinski definition) is 2. The highest BCUT2D eigenvalue weighted by Gasteiger charge is 2.68. The zero-order valence-electron chi connectivity index (χ0n) is 22.9. The minimum atomic E-state index is -0.676. The van der Waals surface area contributed by atoms with Crippen LogP contribution in [0.25, 0.3) is 0 Å². The molecular formula is C30H52O3. The molecule has 0 aromatic rings. The molecule has 0 aromatic heterocycles. The molecule has 0 bridgehead atoms. The van der Waals surface area contributed by atoms with Crippen molar-refractivity contribution in [1.82, 2.24) is 0 Å². The first kappa shape index (κ1) is 25.7. The van der Waals surface area contributed by atoms with Crippen LogP contribution in [-0.4, -0.2) is 27.2 Å². The summed E-state index contributed by atoms with van der Waals surface area (Å²) in [6.07, 6.45) is 11.5. The van der Waals surface area contributed by atoms with Gasteiger partial charge in [0, 0.05) is 11.8 Å². The van der Waals surface area contributed by atoms with Crippen LogP contribution in [0.2, 0.25) is 0 Å². The van der Waals surface area contributed by atoms with Crippen molar-refractivity contribution < 1.29 is 15.0 Å². The average Bonchev–Trinajstić information content (AvgIpc) is 2.96. The van der Waals surface area contributed by atoms with Crippen molar-refractivity contribution in [3.8, 4) is 0 Å². The van der Waals surface area contributed by atoms with E-state index in [4.69, 9.17) is 0 Å². The van der Waals surface area contributed by atoms with Gasteiger partial charge in [-0.25, -0.2) is 0 Å². The molecule has 4 fully saturated rings. The topological polar surface area (TPSA) is 57.5 Å². The van der Waals surface area contributed by atoms with Crippen molar-refractivity contribution in [3.05, 3.63) is 0 Å². The van der Waals surface area contributed by atoms with Gasteiger partial charge in [-0.2, -0.15) is 0 Å². The molecule has 4 rings (SSSR count). The Balaban J connectivity index is 1.58. The van der Waals surface area contributed by atoms with E-state index in [0.717, 1.165) is 38.5 Å². The van der Waals surface area contributed by atoms with E-state index in [2.05, 4.69) is 41.5 Å². The van der Waals surface area contributed by atoms with Crippen molar-refractivity contribution in [1.29, 1.82) is 0 Å². The predicted octanol–water partition coefficient (Wildman–Crippen LogP) is 6.93. The summed E-state index contributed by atoms with van der Waals surface area (Å²) in [5.74, 6) is 2.74. The van der Waals surface area contributed by atoms with Crippen LogP contribution in [-0.2, 0) is 4.79 Å². The third-order valence-electron chi connectivity index (χ3n) is 12.4. The Bertz CT molecular complexity index is 776. The Morgan fingerprint density at radius 3 is 2.09 bits per heavy atom. The number of ketones is 1. The van der Waals surface area contributed by atoms with Crippen molar-refractivity contribution in [2.75, 3.05) is 0 Å². The van der Waals surface area contributed by atoms with Gasteiger partial charge in [0.15, 0.2) is 0 Å². The third kappa shape index (κ3) is 3.78. The number of carbonyl (C=O) groups excluding carboxylic acids is 1. The molecule has 0 amide bonds. The third-order valence-corrected chi connectivity index (χ3v) is 12.4. The van der Waals surface area contributed by atoms with E-state index in [-0.39, 0.29) is 21.7 Å². The number of carbonyl (C=O) groups is 1. The van der Waals surface area contributed by atoms with Crippen LogP contribution < -0.4 is 0 Å². The molecule has 33 heavy (non-hydrogen) atoms. The van der Waals surface area contributed by atoms with E-state index < -0.39 is 11.2 Å². The Morgan fingerprint density at radius 1 is 0.818 bits per heavy atom. The van der Waals surface area contributed by atoms with E-state index >= 15 is 0 Å². The zero-order valence-corrected chi connectivity index (χ0v) is 22.9. The van der Waals surface area contributed by atoms with Gasteiger partial charge in [0.05, 0.1) is 11.2 Å². The van der Waals surface area contributed by atoms with Crippen molar-refractivity contribution in [2.24, 2.45) is 45.3 Å². The van der Waals surface area contributed by atoms with Crippen LogP contribution in [0.1, 0.15) is 126 Å². The Labute approximate surface area is 203 Å². The molecule has 3 nitrogen and oxygen atoms in total. The van der Waals surface area contributed by atoms with Crippen molar-refractivity contribution in [2.45, 2.75) is 137 Å². The summed E-state index contributed by atoms with van der Waals surface area (Å²) in [6.45, 7) is 17.9. The van der Waals surface area contributed by atoms with Gasteiger partial charge in [-0.3, -0.25) is 4.79 Å². The lowest BCUT2D eigenvalue weighted by Gasteiger charge is -2.66. The second-order valence-corrected chi connectivity index (χ2v) is 15.0. The molecule has 0 spiro atoms. The molecule has 8 atom stereocenters. The Morgan fingerprint density at radius 2 is 1.45 bits per heavy atom. The largest absolute Gasteiger partial charge is 0.390 e. The number of rotatable bonds is 5. The van der Waals surface area contributed by atoms with Gasteiger partial charge in [0.25, 0.3) is 0 Å². The first-order valence-corrected chi connectivity index (χ1v) is 14.0. The molecule has 0 aliphatic heterocycles. The molecule has 4 aliphatic rings. The molecule has 2 N–H and O–H groups in total. The highest BCUT2D eigenvalue weighted by Crippen LogP contribution is 2.74. The maximum atomic E-state index is 12.8. The highest BCUT2D eigenvalue weighted by molar-refractivity contribution is 5.85. The number of Topliss-reactive ketones (excluding diaryl/α,β-unsaturated/α-hetero) is 1. The van der Waals surface area contributed by atoms with Crippen LogP contribution in [0.5, 0.6) is 0 Å². The van der Waals surface area contributed by atoms with Gasteiger partial charge >= 0.3 is 0 Å². The van der Waals surface area contributed by atoms with Gasteiger partial charge in [-0.05, 0) is 125 Å². The quantitative estimate of drug-likeness (QED) is 0.467. The second kappa shape index (κ2) is 7.79. The molecule has 0 saturated heterocycles. The molecule has 3 heteroatoms. The van der Waals surface area contributed by atoms with Crippen LogP contribution in [0.4, 0.5) is 0 Å².